The van der Waals surface area contributed by atoms with Crippen molar-refractivity contribution in [2.24, 2.45) is 5.14 Å². The van der Waals surface area contributed by atoms with Crippen LogP contribution in [0.1, 0.15) is 25.5 Å². The van der Waals surface area contributed by atoms with Crippen molar-refractivity contribution >= 4 is 27.7 Å². The highest BCUT2D eigenvalue weighted by Gasteiger charge is 2.13. The summed E-state index contributed by atoms with van der Waals surface area (Å²) in [6.45, 7) is 4.54. The molecule has 1 amide bonds. The van der Waals surface area contributed by atoms with Crippen LogP contribution in [0.5, 0.6) is 0 Å². The summed E-state index contributed by atoms with van der Waals surface area (Å²) >= 11 is 1.31. The second-order valence-electron chi connectivity index (χ2n) is 5.09. The van der Waals surface area contributed by atoms with E-state index >= 15 is 0 Å². The SMILES string of the molecule is CCn1cnnc1SCC(=O)N[C@@H](C)c1ccc(S(N)(=O)=O)cc1. The first-order valence-electron chi connectivity index (χ1n) is 7.24. The van der Waals surface area contributed by atoms with E-state index in [1.807, 2.05) is 18.4 Å². The Morgan fingerprint density at radius 3 is 2.62 bits per heavy atom. The van der Waals surface area contributed by atoms with Gasteiger partial charge in [-0.25, -0.2) is 13.6 Å². The molecular weight excluding hydrogens is 350 g/mol. The van der Waals surface area contributed by atoms with Crippen LogP contribution in [0.25, 0.3) is 0 Å². The molecule has 0 aliphatic rings. The topological polar surface area (TPSA) is 120 Å². The molecule has 0 saturated carbocycles. The molecule has 1 aromatic carbocycles. The van der Waals surface area contributed by atoms with Gasteiger partial charge in [0.2, 0.25) is 15.9 Å². The minimum Gasteiger partial charge on any atom is -0.349 e. The van der Waals surface area contributed by atoms with Crippen LogP contribution in [0.2, 0.25) is 0 Å². The van der Waals surface area contributed by atoms with Crippen molar-refractivity contribution in [1.29, 1.82) is 0 Å². The Morgan fingerprint density at radius 2 is 2.04 bits per heavy atom. The van der Waals surface area contributed by atoms with Crippen molar-refractivity contribution in [3.8, 4) is 0 Å². The molecule has 0 aliphatic carbocycles. The third-order valence-electron chi connectivity index (χ3n) is 3.34. The average molecular weight is 369 g/mol. The summed E-state index contributed by atoms with van der Waals surface area (Å²) in [7, 11) is -3.71. The highest BCUT2D eigenvalue weighted by atomic mass is 32.2. The molecule has 1 aromatic heterocycles. The fourth-order valence-corrected chi connectivity index (χ4v) is 3.32. The lowest BCUT2D eigenvalue weighted by atomic mass is 10.1. The highest BCUT2D eigenvalue weighted by Crippen LogP contribution is 2.17. The summed E-state index contributed by atoms with van der Waals surface area (Å²) in [5.41, 5.74) is 0.789. The van der Waals surface area contributed by atoms with Gasteiger partial charge in [-0.05, 0) is 31.5 Å². The molecule has 3 N–H and O–H groups in total. The summed E-state index contributed by atoms with van der Waals surface area (Å²) in [5.74, 6) is 0.0758. The maximum absolute atomic E-state index is 12.0. The van der Waals surface area contributed by atoms with Gasteiger partial charge in [-0.3, -0.25) is 4.79 Å². The molecule has 0 unspecified atom stereocenters. The number of aromatic nitrogens is 3. The van der Waals surface area contributed by atoms with E-state index in [2.05, 4.69) is 15.5 Å². The maximum atomic E-state index is 12.0. The first kappa shape index (κ1) is 18.4. The van der Waals surface area contributed by atoms with E-state index in [9.17, 15) is 13.2 Å². The van der Waals surface area contributed by atoms with E-state index in [1.165, 1.54) is 23.9 Å². The van der Waals surface area contributed by atoms with E-state index in [0.29, 0.717) is 5.16 Å². The average Bonchev–Trinajstić information content (AvgIpc) is 2.99. The standard InChI is InChI=1S/C14H19N5O3S2/c1-3-19-9-16-18-14(19)23-8-13(20)17-10(2)11-4-6-12(7-5-11)24(15,21)22/h4-7,9-10H,3,8H2,1-2H3,(H,17,20)(H2,15,21,22)/t10-/m0/s1. The number of nitrogens with one attached hydrogen (secondary N) is 1. The monoisotopic (exact) mass is 369 g/mol. The van der Waals surface area contributed by atoms with Crippen LogP contribution in [0, 0.1) is 0 Å². The van der Waals surface area contributed by atoms with Crippen LogP contribution in [0.3, 0.4) is 0 Å². The lowest BCUT2D eigenvalue weighted by Gasteiger charge is -2.14. The van der Waals surface area contributed by atoms with Gasteiger partial charge in [-0.1, -0.05) is 23.9 Å². The number of nitrogens with two attached hydrogens (primary N) is 1. The fourth-order valence-electron chi connectivity index (χ4n) is 2.02. The van der Waals surface area contributed by atoms with Crippen molar-refractivity contribution in [3.05, 3.63) is 36.2 Å². The summed E-state index contributed by atoms with van der Waals surface area (Å²) in [4.78, 5) is 12.1. The molecule has 8 nitrogen and oxygen atoms in total. The van der Waals surface area contributed by atoms with Crippen LogP contribution in [-0.4, -0.2) is 34.8 Å². The van der Waals surface area contributed by atoms with Gasteiger partial charge in [0.15, 0.2) is 5.16 Å². The summed E-state index contributed by atoms with van der Waals surface area (Å²) < 4.78 is 24.3. The van der Waals surface area contributed by atoms with E-state index < -0.39 is 10.0 Å². The molecule has 1 atom stereocenters. The number of hydrogen-bond donors (Lipinski definition) is 2. The van der Waals surface area contributed by atoms with Crippen molar-refractivity contribution in [1.82, 2.24) is 20.1 Å². The predicted octanol–water partition coefficient (Wildman–Crippen LogP) is 0.915. The molecular formula is C14H19N5O3S2. The number of carbonyl (C=O) groups excluding carboxylic acids is 1. The number of benzene rings is 1. The summed E-state index contributed by atoms with van der Waals surface area (Å²) in [5, 5.41) is 16.4. The second-order valence-corrected chi connectivity index (χ2v) is 7.60. The van der Waals surface area contributed by atoms with Crippen molar-refractivity contribution in [2.75, 3.05) is 5.75 Å². The molecule has 0 fully saturated rings. The lowest BCUT2D eigenvalue weighted by molar-refractivity contribution is -0.119. The number of amides is 1. The van der Waals surface area contributed by atoms with Gasteiger partial charge in [0.05, 0.1) is 16.7 Å². The van der Waals surface area contributed by atoms with Crippen LogP contribution >= 0.6 is 11.8 Å². The van der Waals surface area contributed by atoms with Gasteiger partial charge in [0.1, 0.15) is 6.33 Å². The Labute approximate surface area is 144 Å². The molecule has 0 bridgehead atoms. The molecule has 130 valence electrons. The molecule has 1 heterocycles. The zero-order chi connectivity index (χ0) is 17.7. The van der Waals surface area contributed by atoms with Gasteiger partial charge in [0.25, 0.3) is 0 Å². The van der Waals surface area contributed by atoms with Gasteiger partial charge in [0, 0.05) is 6.54 Å². The van der Waals surface area contributed by atoms with Gasteiger partial charge < -0.3 is 9.88 Å². The third kappa shape index (κ3) is 4.79. The van der Waals surface area contributed by atoms with Crippen LogP contribution in [0.4, 0.5) is 0 Å². The van der Waals surface area contributed by atoms with E-state index in [0.717, 1.165) is 12.1 Å². The van der Waals surface area contributed by atoms with Crippen molar-refractivity contribution in [3.63, 3.8) is 0 Å². The fraction of sp³-hybridized carbons (Fsp3) is 0.357. The minimum absolute atomic E-state index is 0.0410. The molecule has 24 heavy (non-hydrogen) atoms. The Morgan fingerprint density at radius 1 is 1.38 bits per heavy atom. The highest BCUT2D eigenvalue weighted by molar-refractivity contribution is 7.99. The molecule has 0 spiro atoms. The smallest absolute Gasteiger partial charge is 0.238 e. The summed E-state index contributed by atoms with van der Waals surface area (Å²) in [6.07, 6.45) is 1.62. The quantitative estimate of drug-likeness (QED) is 0.700. The number of hydrogen-bond acceptors (Lipinski definition) is 6. The van der Waals surface area contributed by atoms with Crippen molar-refractivity contribution in [2.45, 2.75) is 36.5 Å². The number of sulfonamides is 1. The first-order valence-corrected chi connectivity index (χ1v) is 9.77. The summed E-state index contributed by atoms with van der Waals surface area (Å²) in [6, 6.07) is 5.85. The number of primary sulfonamides is 1. The van der Waals surface area contributed by atoms with Gasteiger partial charge >= 0.3 is 0 Å². The normalized spacial score (nSPS) is 12.8. The number of carbonyl (C=O) groups is 1. The van der Waals surface area contributed by atoms with Gasteiger partial charge in [-0.15, -0.1) is 10.2 Å². The maximum Gasteiger partial charge on any atom is 0.238 e. The molecule has 0 saturated heterocycles. The van der Waals surface area contributed by atoms with Crippen LogP contribution in [-0.2, 0) is 21.4 Å². The van der Waals surface area contributed by atoms with E-state index in [4.69, 9.17) is 5.14 Å². The Balaban J connectivity index is 1.91. The molecule has 10 heteroatoms. The zero-order valence-corrected chi connectivity index (χ0v) is 15.0. The Hall–Kier alpha value is -1.91. The van der Waals surface area contributed by atoms with Crippen LogP contribution in [0.15, 0.2) is 40.6 Å². The molecule has 2 rings (SSSR count). The number of nitrogens with zero attached hydrogens (tertiary/aromatic N) is 3. The number of rotatable bonds is 7. The number of aryl methyl sites for hydroxylation is 1. The Bertz CT molecular complexity index is 802. The Kier molecular flexibility index (Phi) is 5.97. The molecule has 0 radical (unpaired) electrons. The lowest BCUT2D eigenvalue weighted by Crippen LogP contribution is -2.28. The van der Waals surface area contributed by atoms with Crippen molar-refractivity contribution < 1.29 is 13.2 Å². The third-order valence-corrected chi connectivity index (χ3v) is 5.25. The molecule has 0 aliphatic heterocycles. The van der Waals surface area contributed by atoms with Gasteiger partial charge in [-0.2, -0.15) is 0 Å². The number of thioether (sulfide) groups is 1. The second kappa shape index (κ2) is 7.77. The van der Waals surface area contributed by atoms with Crippen LogP contribution < -0.4 is 10.5 Å². The van der Waals surface area contributed by atoms with E-state index in [-0.39, 0.29) is 22.6 Å². The predicted molar refractivity (Wildman–Crippen MR) is 90.8 cm³/mol. The van der Waals surface area contributed by atoms with E-state index in [1.54, 1.807) is 18.5 Å². The first-order chi connectivity index (χ1) is 11.3. The zero-order valence-electron chi connectivity index (χ0n) is 13.3. The minimum atomic E-state index is -3.71. The largest absolute Gasteiger partial charge is 0.349 e. The molecule has 2 aromatic rings.